The number of benzene rings is 2. The summed E-state index contributed by atoms with van der Waals surface area (Å²) in [6, 6.07) is 14.8. The Kier molecular flexibility index (Phi) is 4.15. The highest BCUT2D eigenvalue weighted by atomic mass is 32.2. The minimum Gasteiger partial charge on any atom is -0.326 e. The Morgan fingerprint density at radius 1 is 1.14 bits per heavy atom. The second-order valence-electron chi connectivity index (χ2n) is 5.07. The Labute approximate surface area is 129 Å². The number of hydrogen-bond donors (Lipinski definition) is 2. The van der Waals surface area contributed by atoms with E-state index in [9.17, 15) is 0 Å². The summed E-state index contributed by atoms with van der Waals surface area (Å²) in [6.07, 6.45) is 0. The molecule has 4 heteroatoms. The van der Waals surface area contributed by atoms with Crippen LogP contribution in [0.25, 0.3) is 11.0 Å². The van der Waals surface area contributed by atoms with Crippen LogP contribution in [0.1, 0.15) is 18.1 Å². The standard InChI is InChI=1S/C17H19N3S/c1-3-21-11-13-5-7-14(8-6-13)18-17-19-15-9-4-12(2)10-16(15)20-17/h4-10H,3,11H2,1-2H3,(H2,18,19,20). The highest BCUT2D eigenvalue weighted by molar-refractivity contribution is 7.98. The number of nitrogens with one attached hydrogen (secondary N) is 2. The first-order chi connectivity index (χ1) is 10.2. The lowest BCUT2D eigenvalue weighted by molar-refractivity contribution is 1.30. The summed E-state index contributed by atoms with van der Waals surface area (Å²) in [4.78, 5) is 7.86. The zero-order valence-corrected chi connectivity index (χ0v) is 13.1. The molecule has 0 spiro atoms. The number of imidazole rings is 1. The van der Waals surface area contributed by atoms with Gasteiger partial charge in [-0.3, -0.25) is 0 Å². The van der Waals surface area contributed by atoms with Crippen molar-refractivity contribution in [3.63, 3.8) is 0 Å². The van der Waals surface area contributed by atoms with Crippen molar-refractivity contribution in [2.45, 2.75) is 19.6 Å². The van der Waals surface area contributed by atoms with E-state index >= 15 is 0 Å². The first-order valence-corrected chi connectivity index (χ1v) is 8.30. The topological polar surface area (TPSA) is 40.7 Å². The van der Waals surface area contributed by atoms with E-state index in [0.29, 0.717) is 0 Å². The van der Waals surface area contributed by atoms with Gasteiger partial charge in [0.25, 0.3) is 0 Å². The maximum atomic E-state index is 4.55. The van der Waals surface area contributed by atoms with Crippen LogP contribution in [0.15, 0.2) is 42.5 Å². The fourth-order valence-corrected chi connectivity index (χ4v) is 2.86. The fraction of sp³-hybridized carbons (Fsp3) is 0.235. The zero-order valence-electron chi connectivity index (χ0n) is 12.3. The number of thioether (sulfide) groups is 1. The molecule has 1 aromatic heterocycles. The van der Waals surface area contributed by atoms with E-state index in [1.807, 2.05) is 17.8 Å². The number of rotatable bonds is 5. The van der Waals surface area contributed by atoms with Crippen LogP contribution in [0.5, 0.6) is 0 Å². The van der Waals surface area contributed by atoms with Crippen LogP contribution in [0.2, 0.25) is 0 Å². The number of aryl methyl sites for hydroxylation is 1. The summed E-state index contributed by atoms with van der Waals surface area (Å²) >= 11 is 1.94. The van der Waals surface area contributed by atoms with Crippen molar-refractivity contribution < 1.29 is 0 Å². The van der Waals surface area contributed by atoms with Gasteiger partial charge < -0.3 is 10.3 Å². The van der Waals surface area contributed by atoms with E-state index in [0.717, 1.165) is 34.2 Å². The second-order valence-corrected chi connectivity index (χ2v) is 6.34. The number of hydrogen-bond acceptors (Lipinski definition) is 3. The molecule has 108 valence electrons. The Morgan fingerprint density at radius 3 is 2.71 bits per heavy atom. The average molecular weight is 297 g/mol. The van der Waals surface area contributed by atoms with Crippen molar-refractivity contribution in [2.75, 3.05) is 11.1 Å². The molecule has 2 aromatic carbocycles. The molecular weight excluding hydrogens is 278 g/mol. The van der Waals surface area contributed by atoms with Crippen molar-refractivity contribution in [3.8, 4) is 0 Å². The van der Waals surface area contributed by atoms with Gasteiger partial charge >= 0.3 is 0 Å². The summed E-state index contributed by atoms with van der Waals surface area (Å²) in [7, 11) is 0. The summed E-state index contributed by atoms with van der Waals surface area (Å²) in [5.41, 5.74) is 5.69. The molecule has 0 saturated heterocycles. The number of nitrogens with zero attached hydrogens (tertiary/aromatic N) is 1. The SMILES string of the molecule is CCSCc1ccc(Nc2nc3ccc(C)cc3[nH]2)cc1. The first kappa shape index (κ1) is 14.0. The van der Waals surface area contributed by atoms with Gasteiger partial charge in [0.05, 0.1) is 11.0 Å². The molecule has 0 aliphatic heterocycles. The van der Waals surface area contributed by atoms with Gasteiger partial charge in [0.2, 0.25) is 5.95 Å². The molecule has 0 atom stereocenters. The first-order valence-electron chi connectivity index (χ1n) is 7.14. The third-order valence-corrected chi connectivity index (χ3v) is 4.27. The highest BCUT2D eigenvalue weighted by Crippen LogP contribution is 2.20. The molecule has 0 saturated carbocycles. The third kappa shape index (κ3) is 3.39. The summed E-state index contributed by atoms with van der Waals surface area (Å²) in [5, 5.41) is 3.32. The molecular formula is C17H19N3S. The van der Waals surface area contributed by atoms with Crippen molar-refractivity contribution in [1.29, 1.82) is 0 Å². The normalized spacial score (nSPS) is 11.0. The Hall–Kier alpha value is -1.94. The van der Waals surface area contributed by atoms with Crippen LogP contribution < -0.4 is 5.32 Å². The molecule has 0 aliphatic rings. The molecule has 21 heavy (non-hydrogen) atoms. The van der Waals surface area contributed by atoms with E-state index in [1.165, 1.54) is 11.1 Å². The lowest BCUT2D eigenvalue weighted by atomic mass is 10.2. The van der Waals surface area contributed by atoms with E-state index in [-0.39, 0.29) is 0 Å². The summed E-state index contributed by atoms with van der Waals surface area (Å²) in [5.74, 6) is 3.00. The molecule has 0 radical (unpaired) electrons. The quantitative estimate of drug-likeness (QED) is 0.706. The summed E-state index contributed by atoms with van der Waals surface area (Å²) < 4.78 is 0. The van der Waals surface area contributed by atoms with Crippen molar-refractivity contribution in [3.05, 3.63) is 53.6 Å². The number of aromatic amines is 1. The minimum absolute atomic E-state index is 0.784. The molecule has 0 bridgehead atoms. The van der Waals surface area contributed by atoms with Gasteiger partial charge in [-0.25, -0.2) is 4.98 Å². The fourth-order valence-electron chi connectivity index (χ4n) is 2.22. The number of anilines is 2. The van der Waals surface area contributed by atoms with Gasteiger partial charge in [0, 0.05) is 11.4 Å². The number of fused-ring (bicyclic) bond motifs is 1. The zero-order chi connectivity index (χ0) is 14.7. The van der Waals surface area contributed by atoms with Gasteiger partial charge in [0.1, 0.15) is 0 Å². The molecule has 0 unspecified atom stereocenters. The van der Waals surface area contributed by atoms with Crippen molar-refractivity contribution in [2.24, 2.45) is 0 Å². The summed E-state index contributed by atoms with van der Waals surface area (Å²) in [6.45, 7) is 4.27. The second kappa shape index (κ2) is 6.22. The molecule has 3 aromatic rings. The van der Waals surface area contributed by atoms with E-state index in [2.05, 4.69) is 65.5 Å². The molecule has 1 heterocycles. The van der Waals surface area contributed by atoms with Crippen LogP contribution in [-0.4, -0.2) is 15.7 Å². The van der Waals surface area contributed by atoms with Crippen LogP contribution in [0.4, 0.5) is 11.6 Å². The van der Waals surface area contributed by atoms with Crippen LogP contribution >= 0.6 is 11.8 Å². The van der Waals surface area contributed by atoms with E-state index in [4.69, 9.17) is 0 Å². The minimum atomic E-state index is 0.784. The van der Waals surface area contributed by atoms with Gasteiger partial charge in [-0.05, 0) is 48.1 Å². The Morgan fingerprint density at radius 2 is 1.95 bits per heavy atom. The predicted octanol–water partition coefficient (Wildman–Crippen LogP) is 4.87. The van der Waals surface area contributed by atoms with Gasteiger partial charge in [-0.15, -0.1) is 0 Å². The number of aromatic nitrogens is 2. The van der Waals surface area contributed by atoms with E-state index in [1.54, 1.807) is 0 Å². The number of H-pyrrole nitrogens is 1. The van der Waals surface area contributed by atoms with Crippen LogP contribution in [0.3, 0.4) is 0 Å². The maximum absolute atomic E-state index is 4.55. The van der Waals surface area contributed by atoms with Crippen LogP contribution in [-0.2, 0) is 5.75 Å². The Balaban J connectivity index is 1.75. The lowest BCUT2D eigenvalue weighted by Gasteiger charge is -2.04. The van der Waals surface area contributed by atoms with E-state index < -0.39 is 0 Å². The van der Waals surface area contributed by atoms with Gasteiger partial charge in [0.15, 0.2) is 0 Å². The molecule has 3 rings (SSSR count). The smallest absolute Gasteiger partial charge is 0.205 e. The van der Waals surface area contributed by atoms with Gasteiger partial charge in [-0.1, -0.05) is 25.1 Å². The van der Waals surface area contributed by atoms with Crippen LogP contribution in [0, 0.1) is 6.92 Å². The van der Waals surface area contributed by atoms with Crippen molar-refractivity contribution in [1.82, 2.24) is 9.97 Å². The largest absolute Gasteiger partial charge is 0.326 e. The predicted molar refractivity (Wildman–Crippen MR) is 92.4 cm³/mol. The monoisotopic (exact) mass is 297 g/mol. The molecule has 0 amide bonds. The average Bonchev–Trinajstić information content (AvgIpc) is 2.88. The maximum Gasteiger partial charge on any atom is 0.205 e. The highest BCUT2D eigenvalue weighted by Gasteiger charge is 2.03. The molecule has 0 aliphatic carbocycles. The molecule has 0 fully saturated rings. The van der Waals surface area contributed by atoms with Gasteiger partial charge in [-0.2, -0.15) is 11.8 Å². The molecule has 3 nitrogen and oxygen atoms in total. The lowest BCUT2D eigenvalue weighted by Crippen LogP contribution is -1.92. The third-order valence-electron chi connectivity index (χ3n) is 3.33. The Bertz CT molecular complexity index is 731. The van der Waals surface area contributed by atoms with Crippen molar-refractivity contribution >= 4 is 34.4 Å². The molecule has 2 N–H and O–H groups in total.